The molecule has 3 aliphatic rings. The van der Waals surface area contributed by atoms with E-state index in [-0.39, 0.29) is 57.6 Å². The molecule has 7 aromatic carbocycles. The van der Waals surface area contributed by atoms with Gasteiger partial charge in [-0.05, 0) is 94.0 Å². The molecule has 0 N–H and O–H groups in total. The Labute approximate surface area is 292 Å². The predicted molar refractivity (Wildman–Crippen MR) is 205 cm³/mol. The van der Waals surface area contributed by atoms with Gasteiger partial charge in [0.2, 0.25) is 0 Å². The Bertz CT molecular complexity index is 2990. The first kappa shape index (κ1) is 20.3. The van der Waals surface area contributed by atoms with E-state index in [1.165, 1.54) is 5.56 Å². The molecule has 2 unspecified atom stereocenters. The zero-order valence-corrected chi connectivity index (χ0v) is 25.9. The summed E-state index contributed by atoms with van der Waals surface area (Å²) >= 11 is 0. The Morgan fingerprint density at radius 1 is 0.542 bits per heavy atom. The van der Waals surface area contributed by atoms with Gasteiger partial charge in [-0.25, -0.2) is 0 Å². The lowest BCUT2D eigenvalue weighted by atomic mass is 9.66. The molecule has 48 heavy (non-hydrogen) atoms. The third-order valence-corrected chi connectivity index (χ3v) is 10.1. The van der Waals surface area contributed by atoms with Crippen molar-refractivity contribution >= 4 is 44.0 Å². The smallest absolute Gasteiger partial charge is 0.0629 e. The van der Waals surface area contributed by atoms with Crippen LogP contribution in [-0.2, 0) is 0 Å². The molecule has 0 aliphatic heterocycles. The monoisotopic (exact) mass is 616 g/mol. The van der Waals surface area contributed by atoms with Gasteiger partial charge >= 0.3 is 0 Å². The number of fused-ring (bicyclic) bond motifs is 8. The van der Waals surface area contributed by atoms with E-state index in [4.69, 9.17) is 5.48 Å². The third kappa shape index (κ3) is 4.09. The molecule has 0 saturated carbocycles. The second-order valence-electron chi connectivity index (χ2n) is 12.6. The molecule has 0 amide bonds. The van der Waals surface area contributed by atoms with Crippen molar-refractivity contribution in [1.82, 2.24) is 0 Å². The lowest BCUT2D eigenvalue weighted by Gasteiger charge is -2.37. The molecule has 0 aromatic heterocycles. The summed E-state index contributed by atoms with van der Waals surface area (Å²) in [6, 6.07) is 27.5. The summed E-state index contributed by atoms with van der Waals surface area (Å²) in [6.07, 6.45) is 14.4. The fourth-order valence-corrected chi connectivity index (χ4v) is 8.04. The van der Waals surface area contributed by atoms with Crippen molar-refractivity contribution < 1.29 is 11.0 Å². The van der Waals surface area contributed by atoms with E-state index in [1.807, 2.05) is 78.9 Å². The lowest BCUT2D eigenvalue weighted by Crippen LogP contribution is -2.22. The number of allylic oxidation sites excluding steroid dienone is 9. The zero-order valence-electron chi connectivity index (χ0n) is 33.9. The minimum Gasteiger partial charge on any atom is -0.0760 e. The Kier molecular flexibility index (Phi) is 4.56. The van der Waals surface area contributed by atoms with Crippen LogP contribution in [0.4, 0.5) is 0 Å². The van der Waals surface area contributed by atoms with Crippen LogP contribution < -0.4 is 0 Å². The van der Waals surface area contributed by atoms with Crippen molar-refractivity contribution in [2.45, 2.75) is 5.92 Å². The molecule has 0 nitrogen and oxygen atoms in total. The highest BCUT2D eigenvalue weighted by Gasteiger charge is 2.35. The summed E-state index contributed by atoms with van der Waals surface area (Å²) < 4.78 is 73.9. The van der Waals surface area contributed by atoms with Crippen LogP contribution in [0.25, 0.3) is 66.2 Å². The Balaban J connectivity index is 1.38. The lowest BCUT2D eigenvalue weighted by molar-refractivity contribution is 0.648. The summed E-state index contributed by atoms with van der Waals surface area (Å²) in [4.78, 5) is 0. The minimum absolute atomic E-state index is 0.00710. The van der Waals surface area contributed by atoms with Gasteiger partial charge in [0.25, 0.3) is 0 Å². The van der Waals surface area contributed by atoms with Crippen molar-refractivity contribution in [3.05, 3.63) is 204 Å². The van der Waals surface area contributed by atoms with Crippen molar-refractivity contribution in [2.75, 3.05) is 0 Å². The van der Waals surface area contributed by atoms with Gasteiger partial charge in [0.15, 0.2) is 0 Å². The van der Waals surface area contributed by atoms with Crippen LogP contribution in [0.1, 0.15) is 33.6 Å². The van der Waals surface area contributed by atoms with Crippen LogP contribution in [0.2, 0.25) is 0 Å². The SMILES string of the molecule is [2H]c1c([2H])c([2H])c2c(-c3cccc(-c4cccc5ccccc45)c3)c3c([2H])c([2H])c([2H])c([2H])c3c(C3=C4C=CC=CC4C4C(=C3)C=Cc3ccccc34)c2c1[2H]. The molecule has 0 heterocycles. The quantitative estimate of drug-likeness (QED) is 0.173. The normalized spacial score (nSPS) is 20.1. The Morgan fingerprint density at radius 2 is 1.23 bits per heavy atom. The van der Waals surface area contributed by atoms with Gasteiger partial charge in [-0.2, -0.15) is 0 Å². The maximum atomic E-state index is 9.55. The molecular formula is C48H32. The molecule has 0 bridgehead atoms. The van der Waals surface area contributed by atoms with Crippen molar-refractivity contribution in [3.63, 3.8) is 0 Å². The zero-order chi connectivity index (χ0) is 38.6. The average Bonchev–Trinajstić information content (AvgIpc) is 3.24. The van der Waals surface area contributed by atoms with E-state index in [9.17, 15) is 5.48 Å². The van der Waals surface area contributed by atoms with Gasteiger partial charge < -0.3 is 0 Å². The average molecular weight is 617 g/mol. The molecule has 0 spiro atoms. The summed E-state index contributed by atoms with van der Waals surface area (Å²) in [5.74, 6) is -0.137. The topological polar surface area (TPSA) is 0 Å². The van der Waals surface area contributed by atoms with E-state index < -0.39 is 24.2 Å². The predicted octanol–water partition coefficient (Wildman–Crippen LogP) is 12.7. The van der Waals surface area contributed by atoms with Crippen molar-refractivity contribution in [2.24, 2.45) is 5.92 Å². The van der Waals surface area contributed by atoms with Crippen LogP contribution in [0.5, 0.6) is 0 Å². The molecule has 2 atom stereocenters. The molecular weight excluding hydrogens is 577 g/mol. The van der Waals surface area contributed by atoms with Crippen molar-refractivity contribution in [3.8, 4) is 22.3 Å². The molecule has 7 aromatic rings. The van der Waals surface area contributed by atoms with E-state index in [1.54, 1.807) is 0 Å². The van der Waals surface area contributed by atoms with E-state index >= 15 is 0 Å². The van der Waals surface area contributed by atoms with Crippen molar-refractivity contribution in [1.29, 1.82) is 0 Å². The van der Waals surface area contributed by atoms with Crippen LogP contribution >= 0.6 is 0 Å². The first-order valence-electron chi connectivity index (χ1n) is 20.3. The summed E-state index contributed by atoms with van der Waals surface area (Å²) in [6.45, 7) is 0. The van der Waals surface area contributed by atoms with Gasteiger partial charge in [0.1, 0.15) is 0 Å². The van der Waals surface area contributed by atoms with Gasteiger partial charge in [-0.3, -0.25) is 0 Å². The summed E-state index contributed by atoms with van der Waals surface area (Å²) in [7, 11) is 0. The molecule has 3 aliphatic carbocycles. The Morgan fingerprint density at radius 3 is 2.06 bits per heavy atom. The third-order valence-electron chi connectivity index (χ3n) is 10.1. The molecule has 10 rings (SSSR count). The number of rotatable bonds is 3. The van der Waals surface area contributed by atoms with E-state index in [2.05, 4.69) is 54.6 Å². The molecule has 224 valence electrons. The second-order valence-corrected chi connectivity index (χ2v) is 12.6. The molecule has 0 fully saturated rings. The Hall–Kier alpha value is -5.98. The second kappa shape index (κ2) is 10.8. The fourth-order valence-electron chi connectivity index (χ4n) is 8.04. The molecule has 0 saturated heterocycles. The number of hydrogen-bond donors (Lipinski definition) is 0. The van der Waals surface area contributed by atoms with Crippen LogP contribution in [0.15, 0.2) is 187 Å². The van der Waals surface area contributed by atoms with Crippen LogP contribution in [0.3, 0.4) is 0 Å². The van der Waals surface area contributed by atoms with Gasteiger partial charge in [-0.15, -0.1) is 0 Å². The van der Waals surface area contributed by atoms with E-state index in [0.29, 0.717) is 22.3 Å². The molecule has 0 heteroatoms. The van der Waals surface area contributed by atoms with Gasteiger partial charge in [0, 0.05) is 11.8 Å². The highest BCUT2D eigenvalue weighted by atomic mass is 14.4. The number of benzene rings is 7. The maximum Gasteiger partial charge on any atom is 0.0629 e. The minimum atomic E-state index is -0.412. The standard InChI is InChI=1S/C48H32/c1-3-18-36-31(13-1)15-12-26-37(36)33-16-11-17-34(29-33)47-41-22-7-9-24-43(41)48(44-25-10-8-23-42(44)47)45-30-35-28-27-32-14-2-4-19-38(32)46(35)40-21-6-5-20-39(40)45/h1-30,40,46H/i7D,8D,9D,10D,22D,23D,24D,25D. The van der Waals surface area contributed by atoms with Gasteiger partial charge in [-0.1, -0.05) is 176 Å². The molecule has 0 radical (unpaired) electrons. The highest BCUT2D eigenvalue weighted by molar-refractivity contribution is 6.20. The van der Waals surface area contributed by atoms with Crippen LogP contribution in [0, 0.1) is 5.92 Å². The summed E-state index contributed by atoms with van der Waals surface area (Å²) in [5, 5.41) is 2.98. The van der Waals surface area contributed by atoms with Crippen LogP contribution in [-0.4, -0.2) is 0 Å². The van der Waals surface area contributed by atoms with E-state index in [0.717, 1.165) is 38.6 Å². The van der Waals surface area contributed by atoms with Gasteiger partial charge in [0.05, 0.1) is 11.0 Å². The first-order valence-corrected chi connectivity index (χ1v) is 16.3. The summed E-state index contributed by atoms with van der Waals surface area (Å²) in [5.41, 5.74) is 8.06. The maximum absolute atomic E-state index is 9.55. The highest BCUT2D eigenvalue weighted by Crippen LogP contribution is 2.52. The fraction of sp³-hybridized carbons (Fsp3) is 0.0417. The number of hydrogen-bond acceptors (Lipinski definition) is 0. The first-order chi connectivity index (χ1) is 27.2. The largest absolute Gasteiger partial charge is 0.0760 e.